The zero-order valence-electron chi connectivity index (χ0n) is 9.10. The Morgan fingerprint density at radius 3 is 2.47 bits per heavy atom. The Bertz CT molecular complexity index is 309. The molecule has 0 fully saturated rings. The third-order valence-corrected chi connectivity index (χ3v) is 2.26. The van der Waals surface area contributed by atoms with E-state index in [4.69, 9.17) is 5.11 Å². The Hall–Kier alpha value is -1.35. The lowest BCUT2D eigenvalue weighted by molar-refractivity contribution is -0.122. The van der Waals surface area contributed by atoms with Crippen LogP contribution in [0.15, 0.2) is 30.3 Å². The van der Waals surface area contributed by atoms with Crippen LogP contribution in [0, 0.1) is 0 Å². The van der Waals surface area contributed by atoms with E-state index in [1.54, 1.807) is 6.92 Å². The summed E-state index contributed by atoms with van der Waals surface area (Å²) in [5.74, 6) is -0.230. The Labute approximate surface area is 90.1 Å². The summed E-state index contributed by atoms with van der Waals surface area (Å²) in [5.41, 5.74) is 0.987. The highest BCUT2D eigenvalue weighted by Crippen LogP contribution is 2.13. The number of carbonyl (C=O) groups excluding carboxylic acids is 1. The Balaban J connectivity index is 2.54. The highest BCUT2D eigenvalue weighted by Gasteiger charge is 2.14. The molecule has 0 spiro atoms. The fraction of sp³-hybridized carbons (Fsp3) is 0.417. The van der Waals surface area contributed by atoms with Crippen LogP contribution >= 0.6 is 0 Å². The van der Waals surface area contributed by atoms with Crippen molar-refractivity contribution in [1.82, 2.24) is 5.32 Å². The van der Waals surface area contributed by atoms with Crippen LogP contribution in [0.4, 0.5) is 0 Å². The van der Waals surface area contributed by atoms with Crippen molar-refractivity contribution in [3.05, 3.63) is 35.9 Å². The van der Waals surface area contributed by atoms with Crippen molar-refractivity contribution < 1.29 is 9.90 Å². The van der Waals surface area contributed by atoms with Gasteiger partial charge in [-0.25, -0.2) is 0 Å². The van der Waals surface area contributed by atoms with Gasteiger partial charge < -0.3 is 10.4 Å². The van der Waals surface area contributed by atoms with Crippen molar-refractivity contribution in [2.45, 2.75) is 25.9 Å². The summed E-state index contributed by atoms with van der Waals surface area (Å²) >= 11 is 0. The third-order valence-electron chi connectivity index (χ3n) is 2.26. The van der Waals surface area contributed by atoms with Crippen LogP contribution in [-0.2, 0) is 4.79 Å². The van der Waals surface area contributed by atoms with Crippen LogP contribution in [0.2, 0.25) is 0 Å². The van der Waals surface area contributed by atoms with Gasteiger partial charge in [0.15, 0.2) is 0 Å². The second kappa shape index (κ2) is 5.51. The summed E-state index contributed by atoms with van der Waals surface area (Å²) in [5, 5.41) is 11.7. The van der Waals surface area contributed by atoms with Crippen molar-refractivity contribution >= 4 is 5.91 Å². The molecule has 0 aliphatic heterocycles. The molecule has 0 bridgehead atoms. The fourth-order valence-corrected chi connectivity index (χ4v) is 1.29. The largest absolute Gasteiger partial charge is 0.392 e. The lowest BCUT2D eigenvalue weighted by atomic mass is 10.0. The van der Waals surface area contributed by atoms with Gasteiger partial charge in [-0.2, -0.15) is 0 Å². The van der Waals surface area contributed by atoms with Crippen LogP contribution in [-0.4, -0.2) is 23.7 Å². The molecule has 3 nitrogen and oxygen atoms in total. The molecule has 1 unspecified atom stereocenters. The molecule has 0 aliphatic carbocycles. The maximum absolute atomic E-state index is 11.6. The van der Waals surface area contributed by atoms with E-state index in [-0.39, 0.29) is 11.8 Å². The van der Waals surface area contributed by atoms with Crippen molar-refractivity contribution in [3.63, 3.8) is 0 Å². The second-order valence-corrected chi connectivity index (χ2v) is 3.73. The SMILES string of the molecule is CC(C(=O)NC[C@@H](C)O)c1ccccc1. The molecule has 82 valence electrons. The van der Waals surface area contributed by atoms with E-state index in [1.165, 1.54) is 0 Å². The van der Waals surface area contributed by atoms with Gasteiger partial charge in [0.25, 0.3) is 0 Å². The minimum Gasteiger partial charge on any atom is -0.392 e. The van der Waals surface area contributed by atoms with Crippen LogP contribution in [0.1, 0.15) is 25.3 Å². The average Bonchev–Trinajstić information content (AvgIpc) is 2.26. The number of aliphatic hydroxyl groups excluding tert-OH is 1. The second-order valence-electron chi connectivity index (χ2n) is 3.73. The summed E-state index contributed by atoms with van der Waals surface area (Å²) in [6, 6.07) is 9.59. The molecule has 1 aromatic rings. The van der Waals surface area contributed by atoms with E-state index < -0.39 is 6.10 Å². The van der Waals surface area contributed by atoms with E-state index in [9.17, 15) is 4.79 Å². The number of nitrogens with one attached hydrogen (secondary N) is 1. The summed E-state index contributed by atoms with van der Waals surface area (Å²) in [7, 11) is 0. The average molecular weight is 207 g/mol. The van der Waals surface area contributed by atoms with Gasteiger partial charge in [-0.3, -0.25) is 4.79 Å². The maximum atomic E-state index is 11.6. The lowest BCUT2D eigenvalue weighted by Gasteiger charge is -2.13. The molecule has 1 amide bonds. The number of hydrogen-bond donors (Lipinski definition) is 2. The lowest BCUT2D eigenvalue weighted by Crippen LogP contribution is -2.33. The van der Waals surface area contributed by atoms with Gasteiger partial charge in [0.1, 0.15) is 0 Å². The van der Waals surface area contributed by atoms with Crippen molar-refractivity contribution in [1.29, 1.82) is 0 Å². The van der Waals surface area contributed by atoms with Crippen LogP contribution in [0.25, 0.3) is 0 Å². The number of aliphatic hydroxyl groups is 1. The minimum absolute atomic E-state index is 0.0536. The Morgan fingerprint density at radius 1 is 1.33 bits per heavy atom. The van der Waals surface area contributed by atoms with Crippen LogP contribution in [0.5, 0.6) is 0 Å². The first-order valence-corrected chi connectivity index (χ1v) is 5.12. The topological polar surface area (TPSA) is 49.3 Å². The molecule has 0 saturated heterocycles. The number of carbonyl (C=O) groups is 1. The molecular weight excluding hydrogens is 190 g/mol. The molecule has 2 atom stereocenters. The van der Waals surface area contributed by atoms with Crippen LogP contribution in [0.3, 0.4) is 0 Å². The highest BCUT2D eigenvalue weighted by molar-refractivity contribution is 5.83. The standard InChI is InChI=1S/C12H17NO2/c1-9(14)8-13-12(15)10(2)11-6-4-3-5-7-11/h3-7,9-10,14H,8H2,1-2H3,(H,13,15)/t9-,10?/m1/s1. The number of hydrogen-bond acceptors (Lipinski definition) is 2. The van der Waals surface area contributed by atoms with E-state index in [2.05, 4.69) is 5.32 Å². The smallest absolute Gasteiger partial charge is 0.227 e. The Kier molecular flexibility index (Phi) is 4.31. The first-order valence-electron chi connectivity index (χ1n) is 5.12. The van der Waals surface area contributed by atoms with Gasteiger partial charge >= 0.3 is 0 Å². The van der Waals surface area contributed by atoms with Gasteiger partial charge in [0.05, 0.1) is 12.0 Å². The monoisotopic (exact) mass is 207 g/mol. The number of benzene rings is 1. The summed E-state index contributed by atoms with van der Waals surface area (Å²) in [6.45, 7) is 3.80. The van der Waals surface area contributed by atoms with Gasteiger partial charge in [-0.05, 0) is 19.4 Å². The zero-order valence-corrected chi connectivity index (χ0v) is 9.10. The van der Waals surface area contributed by atoms with Gasteiger partial charge in [-0.1, -0.05) is 30.3 Å². The molecule has 0 heterocycles. The quantitative estimate of drug-likeness (QED) is 0.781. The van der Waals surface area contributed by atoms with E-state index >= 15 is 0 Å². The summed E-state index contributed by atoms with van der Waals surface area (Å²) in [6.07, 6.45) is -0.503. The van der Waals surface area contributed by atoms with Gasteiger partial charge in [0, 0.05) is 6.54 Å². The number of rotatable bonds is 4. The van der Waals surface area contributed by atoms with Gasteiger partial charge in [0.2, 0.25) is 5.91 Å². The molecule has 0 aliphatic rings. The minimum atomic E-state index is -0.503. The summed E-state index contributed by atoms with van der Waals surface area (Å²) in [4.78, 5) is 11.6. The van der Waals surface area contributed by atoms with Crippen LogP contribution < -0.4 is 5.32 Å². The van der Waals surface area contributed by atoms with E-state index in [1.807, 2.05) is 37.3 Å². The maximum Gasteiger partial charge on any atom is 0.227 e. The molecule has 3 heteroatoms. The first-order chi connectivity index (χ1) is 7.11. The summed E-state index contributed by atoms with van der Waals surface area (Å²) < 4.78 is 0. The predicted octanol–water partition coefficient (Wildman–Crippen LogP) is 1.29. The van der Waals surface area contributed by atoms with E-state index in [0.29, 0.717) is 6.54 Å². The van der Waals surface area contributed by atoms with Crippen molar-refractivity contribution in [3.8, 4) is 0 Å². The molecule has 0 aromatic heterocycles. The molecule has 2 N–H and O–H groups in total. The molecule has 1 rings (SSSR count). The zero-order chi connectivity index (χ0) is 11.3. The first kappa shape index (κ1) is 11.7. The molecule has 1 aromatic carbocycles. The third kappa shape index (κ3) is 3.72. The molecule has 0 radical (unpaired) electrons. The molecule has 0 saturated carbocycles. The van der Waals surface area contributed by atoms with E-state index in [0.717, 1.165) is 5.56 Å². The normalized spacial score (nSPS) is 14.3. The molecule has 15 heavy (non-hydrogen) atoms. The number of amides is 1. The molecular formula is C12H17NO2. The van der Waals surface area contributed by atoms with Crippen molar-refractivity contribution in [2.24, 2.45) is 0 Å². The Morgan fingerprint density at radius 2 is 1.93 bits per heavy atom. The highest BCUT2D eigenvalue weighted by atomic mass is 16.3. The van der Waals surface area contributed by atoms with Gasteiger partial charge in [-0.15, -0.1) is 0 Å². The fourth-order valence-electron chi connectivity index (χ4n) is 1.29. The predicted molar refractivity (Wildman–Crippen MR) is 59.5 cm³/mol. The van der Waals surface area contributed by atoms with Crippen molar-refractivity contribution in [2.75, 3.05) is 6.54 Å².